The van der Waals surface area contributed by atoms with Crippen molar-refractivity contribution in [3.8, 4) is 5.75 Å². The van der Waals surface area contributed by atoms with Crippen molar-refractivity contribution < 1.29 is 19.1 Å². The average molecular weight is 306 g/mol. The van der Waals surface area contributed by atoms with Gasteiger partial charge in [0.15, 0.2) is 0 Å². The highest BCUT2D eigenvalue weighted by molar-refractivity contribution is 5.84. The number of hydrogen-bond acceptors (Lipinski definition) is 4. The number of Topliss-reactive ketones (excluding diaryl/α,β-unsaturated/α-hetero) is 1. The number of esters is 1. The van der Waals surface area contributed by atoms with Crippen LogP contribution in [0.15, 0.2) is 24.3 Å². The highest BCUT2D eigenvalue weighted by Gasteiger charge is 2.17. The molecule has 1 rings (SSSR count). The Kier molecular flexibility index (Phi) is 6.60. The van der Waals surface area contributed by atoms with Crippen molar-refractivity contribution in [1.82, 2.24) is 0 Å². The average Bonchev–Trinajstić information content (AvgIpc) is 2.36. The molecule has 0 N–H and O–H groups in total. The summed E-state index contributed by atoms with van der Waals surface area (Å²) in [5.41, 5.74) is 0.414. The monoisotopic (exact) mass is 306 g/mol. The lowest BCUT2D eigenvalue weighted by Gasteiger charge is -2.19. The maximum atomic E-state index is 11.9. The maximum Gasteiger partial charge on any atom is 0.306 e. The molecule has 0 aromatic heterocycles. The van der Waals surface area contributed by atoms with E-state index in [9.17, 15) is 9.59 Å². The second kappa shape index (κ2) is 7.97. The number of carbonyl (C=O) groups excluding carboxylic acids is 2. The quantitative estimate of drug-likeness (QED) is 0.721. The van der Waals surface area contributed by atoms with E-state index < -0.39 is 5.60 Å². The van der Waals surface area contributed by atoms with Crippen LogP contribution in [0.25, 0.3) is 0 Å². The smallest absolute Gasteiger partial charge is 0.306 e. The summed E-state index contributed by atoms with van der Waals surface area (Å²) in [6.07, 6.45) is 0.787. The number of ketones is 1. The molecule has 0 aliphatic heterocycles. The molecular formula is C18H26O4. The Hall–Kier alpha value is -1.84. The molecule has 0 amide bonds. The van der Waals surface area contributed by atoms with E-state index >= 15 is 0 Å². The van der Waals surface area contributed by atoms with Gasteiger partial charge in [-0.05, 0) is 52.3 Å². The van der Waals surface area contributed by atoms with Gasteiger partial charge >= 0.3 is 5.97 Å². The summed E-state index contributed by atoms with van der Waals surface area (Å²) in [4.78, 5) is 23.5. The Morgan fingerprint density at radius 3 is 2.14 bits per heavy atom. The second-order valence-corrected chi connectivity index (χ2v) is 6.61. The van der Waals surface area contributed by atoms with E-state index in [1.54, 1.807) is 0 Å². The molecule has 4 heteroatoms. The number of rotatable bonds is 7. The van der Waals surface area contributed by atoms with Gasteiger partial charge in [-0.3, -0.25) is 9.59 Å². The lowest BCUT2D eigenvalue weighted by atomic mass is 10.1. The van der Waals surface area contributed by atoms with Crippen molar-refractivity contribution in [2.75, 3.05) is 0 Å². The molecule has 4 nitrogen and oxygen atoms in total. The number of carbonyl (C=O) groups is 2. The second-order valence-electron chi connectivity index (χ2n) is 6.61. The maximum absolute atomic E-state index is 11.9. The zero-order chi connectivity index (χ0) is 16.8. The Bertz CT molecular complexity index is 495. The topological polar surface area (TPSA) is 52.6 Å². The van der Waals surface area contributed by atoms with Crippen molar-refractivity contribution >= 4 is 11.8 Å². The summed E-state index contributed by atoms with van der Waals surface area (Å²) >= 11 is 0. The summed E-state index contributed by atoms with van der Waals surface area (Å²) in [6, 6.07) is 7.47. The summed E-state index contributed by atoms with van der Waals surface area (Å²) in [5, 5.41) is 0. The largest absolute Gasteiger partial charge is 0.491 e. The zero-order valence-electron chi connectivity index (χ0n) is 14.1. The molecule has 0 saturated carbocycles. The van der Waals surface area contributed by atoms with Gasteiger partial charge in [0.2, 0.25) is 0 Å². The summed E-state index contributed by atoms with van der Waals surface area (Å²) < 4.78 is 10.7. The van der Waals surface area contributed by atoms with Gasteiger partial charge in [0.05, 0.1) is 12.5 Å². The molecule has 1 aromatic rings. The minimum absolute atomic E-state index is 0.0309. The highest BCUT2D eigenvalue weighted by atomic mass is 16.6. The molecule has 0 bridgehead atoms. The Morgan fingerprint density at radius 1 is 1.05 bits per heavy atom. The van der Waals surface area contributed by atoms with Crippen LogP contribution in [-0.2, 0) is 20.7 Å². The van der Waals surface area contributed by atoms with Crippen LogP contribution in [0.5, 0.6) is 5.75 Å². The van der Waals surface area contributed by atoms with Crippen molar-refractivity contribution in [1.29, 1.82) is 0 Å². The first-order chi connectivity index (χ1) is 10.2. The van der Waals surface area contributed by atoms with E-state index in [1.807, 2.05) is 58.9 Å². The molecule has 0 radical (unpaired) electrons. The molecule has 0 saturated heterocycles. The molecule has 0 aliphatic rings. The van der Waals surface area contributed by atoms with Crippen molar-refractivity contribution in [2.24, 2.45) is 0 Å². The van der Waals surface area contributed by atoms with Gasteiger partial charge in [-0.2, -0.15) is 0 Å². The Morgan fingerprint density at radius 2 is 1.64 bits per heavy atom. The Labute approximate surface area is 132 Å². The molecule has 0 atom stereocenters. The lowest BCUT2D eigenvalue weighted by Crippen LogP contribution is -2.24. The van der Waals surface area contributed by atoms with Crippen LogP contribution < -0.4 is 4.74 Å². The molecule has 0 heterocycles. The number of ether oxygens (including phenoxy) is 2. The van der Waals surface area contributed by atoms with Crippen LogP contribution in [0.1, 0.15) is 53.0 Å². The third-order valence-electron chi connectivity index (χ3n) is 2.72. The third kappa shape index (κ3) is 7.81. The molecule has 0 fully saturated rings. The van der Waals surface area contributed by atoms with Gasteiger partial charge in [-0.1, -0.05) is 12.1 Å². The lowest BCUT2D eigenvalue weighted by molar-refractivity contribution is -0.155. The molecule has 0 aliphatic carbocycles. The summed E-state index contributed by atoms with van der Waals surface area (Å²) in [7, 11) is 0. The molecule has 0 spiro atoms. The van der Waals surface area contributed by atoms with Crippen LogP contribution in [0.4, 0.5) is 0 Å². The van der Waals surface area contributed by atoms with Crippen LogP contribution in [0.2, 0.25) is 0 Å². The third-order valence-corrected chi connectivity index (χ3v) is 2.72. The first kappa shape index (κ1) is 18.2. The van der Waals surface area contributed by atoms with E-state index in [2.05, 4.69) is 0 Å². The van der Waals surface area contributed by atoms with E-state index in [0.717, 1.165) is 11.3 Å². The highest BCUT2D eigenvalue weighted by Crippen LogP contribution is 2.15. The SMILES string of the molecule is CC(C)Oc1ccc(CC(=O)CCC(=O)OC(C)(C)C)cc1. The molecular weight excluding hydrogens is 280 g/mol. The van der Waals surface area contributed by atoms with Gasteiger partial charge in [0.1, 0.15) is 17.1 Å². The summed E-state index contributed by atoms with van der Waals surface area (Å²) in [6.45, 7) is 9.37. The Balaban J connectivity index is 2.40. The van der Waals surface area contributed by atoms with Crippen molar-refractivity contribution in [2.45, 2.75) is 65.6 Å². The van der Waals surface area contributed by atoms with Gasteiger partial charge in [-0.15, -0.1) is 0 Å². The minimum atomic E-state index is -0.508. The van der Waals surface area contributed by atoms with Gasteiger partial charge < -0.3 is 9.47 Å². The van der Waals surface area contributed by atoms with E-state index in [4.69, 9.17) is 9.47 Å². The van der Waals surface area contributed by atoms with Crippen LogP contribution in [0.3, 0.4) is 0 Å². The standard InChI is InChI=1S/C18H26O4/c1-13(2)21-16-9-6-14(7-10-16)12-15(19)8-11-17(20)22-18(3,4)5/h6-7,9-10,13H,8,11-12H2,1-5H3. The van der Waals surface area contributed by atoms with Gasteiger partial charge in [0, 0.05) is 12.8 Å². The fourth-order valence-electron chi connectivity index (χ4n) is 1.91. The van der Waals surface area contributed by atoms with Crippen LogP contribution in [0, 0.1) is 0 Å². The van der Waals surface area contributed by atoms with Gasteiger partial charge in [-0.25, -0.2) is 0 Å². The van der Waals surface area contributed by atoms with E-state index in [-0.39, 0.29) is 30.7 Å². The zero-order valence-corrected chi connectivity index (χ0v) is 14.1. The number of benzene rings is 1. The first-order valence-electron chi connectivity index (χ1n) is 7.65. The normalized spacial score (nSPS) is 11.4. The molecule has 0 unspecified atom stereocenters. The minimum Gasteiger partial charge on any atom is -0.491 e. The van der Waals surface area contributed by atoms with Crippen LogP contribution in [-0.4, -0.2) is 23.5 Å². The molecule has 22 heavy (non-hydrogen) atoms. The van der Waals surface area contributed by atoms with Crippen molar-refractivity contribution in [3.05, 3.63) is 29.8 Å². The van der Waals surface area contributed by atoms with Crippen LogP contribution >= 0.6 is 0 Å². The molecule has 1 aromatic carbocycles. The summed E-state index contributed by atoms with van der Waals surface area (Å²) in [5.74, 6) is 0.491. The van der Waals surface area contributed by atoms with E-state index in [0.29, 0.717) is 6.42 Å². The molecule has 122 valence electrons. The number of hydrogen-bond donors (Lipinski definition) is 0. The van der Waals surface area contributed by atoms with E-state index in [1.165, 1.54) is 0 Å². The first-order valence-corrected chi connectivity index (χ1v) is 7.65. The van der Waals surface area contributed by atoms with Gasteiger partial charge in [0.25, 0.3) is 0 Å². The predicted molar refractivity (Wildman–Crippen MR) is 86.0 cm³/mol. The van der Waals surface area contributed by atoms with Crippen molar-refractivity contribution in [3.63, 3.8) is 0 Å². The fraction of sp³-hybridized carbons (Fsp3) is 0.556. The predicted octanol–water partition coefficient (Wildman–Crippen LogP) is 3.71. The fourth-order valence-corrected chi connectivity index (χ4v) is 1.91.